The Bertz CT molecular complexity index is 726. The van der Waals surface area contributed by atoms with E-state index in [0.29, 0.717) is 0 Å². The quantitative estimate of drug-likeness (QED) is 0.759. The predicted molar refractivity (Wildman–Crippen MR) is 109 cm³/mol. The molecule has 0 radical (unpaired) electrons. The van der Waals surface area contributed by atoms with Gasteiger partial charge in [-0.05, 0) is 31.5 Å². The van der Waals surface area contributed by atoms with Crippen LogP contribution in [0.5, 0.6) is 0 Å². The highest BCUT2D eigenvalue weighted by Crippen LogP contribution is 2.39. The van der Waals surface area contributed by atoms with Crippen molar-refractivity contribution in [2.24, 2.45) is 0 Å². The minimum Gasteiger partial charge on any atom is -0.406 e. The summed E-state index contributed by atoms with van der Waals surface area (Å²) in [4.78, 5) is 0. The molecule has 3 rings (SSSR count). The molecule has 3 heteroatoms. The maximum atomic E-state index is 6.97. The summed E-state index contributed by atoms with van der Waals surface area (Å²) in [6.07, 6.45) is 1.07. The third-order valence-electron chi connectivity index (χ3n) is 5.35. The van der Waals surface area contributed by atoms with Crippen LogP contribution < -0.4 is 10.4 Å². The van der Waals surface area contributed by atoms with E-state index in [1.807, 2.05) is 0 Å². The molecule has 24 heavy (non-hydrogen) atoms. The van der Waals surface area contributed by atoms with E-state index in [9.17, 15) is 0 Å². The van der Waals surface area contributed by atoms with Crippen molar-refractivity contribution in [1.29, 1.82) is 0 Å². The molecule has 2 aromatic carbocycles. The normalized spacial score (nSPS) is 28.9. The van der Waals surface area contributed by atoms with Crippen molar-refractivity contribution < 1.29 is 4.43 Å². The van der Waals surface area contributed by atoms with Gasteiger partial charge in [-0.3, -0.25) is 0 Å². The van der Waals surface area contributed by atoms with Crippen LogP contribution >= 0.6 is 0 Å². The summed E-state index contributed by atoms with van der Waals surface area (Å²) in [6.45, 7) is 13.0. The first-order valence-corrected chi connectivity index (χ1v) is 13.9. The molecule has 0 saturated carbocycles. The molecule has 1 aliphatic rings. The Morgan fingerprint density at radius 3 is 1.92 bits per heavy atom. The van der Waals surface area contributed by atoms with Crippen LogP contribution in [0.2, 0.25) is 6.04 Å². The summed E-state index contributed by atoms with van der Waals surface area (Å²) in [5.41, 5.74) is 4.31. The molecule has 0 aromatic heterocycles. The van der Waals surface area contributed by atoms with Crippen LogP contribution in [0.1, 0.15) is 20.3 Å². The van der Waals surface area contributed by atoms with Gasteiger partial charge >= 0.3 is 0 Å². The van der Waals surface area contributed by atoms with Crippen LogP contribution in [-0.4, -0.2) is 21.0 Å². The number of benzene rings is 2. The molecule has 0 aliphatic carbocycles. The summed E-state index contributed by atoms with van der Waals surface area (Å²) < 4.78 is 6.97. The van der Waals surface area contributed by atoms with Gasteiger partial charge in [0.2, 0.25) is 7.83 Å². The maximum absolute atomic E-state index is 6.97. The molecule has 1 aliphatic heterocycles. The molecular weight excluding hydrogens is 324 g/mol. The zero-order valence-electron chi connectivity index (χ0n) is 14.7. The average molecular weight is 351 g/mol. The molecule has 1 fully saturated rings. The second kappa shape index (κ2) is 6.32. The summed E-state index contributed by atoms with van der Waals surface area (Å²) >= 11 is 0. The van der Waals surface area contributed by atoms with Gasteiger partial charge < -0.3 is 4.43 Å². The largest absolute Gasteiger partial charge is 0.406 e. The fourth-order valence-electron chi connectivity index (χ4n) is 4.07. The maximum Gasteiger partial charge on any atom is 0.243 e. The summed E-state index contributed by atoms with van der Waals surface area (Å²) in [5, 5.41) is 2.74. The van der Waals surface area contributed by atoms with Crippen molar-refractivity contribution in [1.82, 2.24) is 0 Å². The molecule has 1 nitrogen and oxygen atoms in total. The van der Waals surface area contributed by atoms with Gasteiger partial charge in [0.1, 0.15) is 7.59 Å². The van der Waals surface area contributed by atoms with Crippen molar-refractivity contribution in [2.45, 2.75) is 31.9 Å². The third-order valence-corrected chi connectivity index (χ3v) is 20.4. The van der Waals surface area contributed by atoms with E-state index >= 15 is 0 Å². The first-order valence-electron chi connectivity index (χ1n) is 8.58. The van der Waals surface area contributed by atoms with Gasteiger partial charge in [0.05, 0.1) is 5.60 Å². The second-order valence-corrected chi connectivity index (χ2v) is 18.2. The smallest absolute Gasteiger partial charge is 0.243 e. The molecule has 1 heterocycles. The molecule has 1 saturated heterocycles. The SMILES string of the molecule is C=C[Si]1(c2ccccc2)CCC(C)(C)O[Si]1(C=C)c1ccccc1. The van der Waals surface area contributed by atoms with Gasteiger partial charge in [0.15, 0.2) is 0 Å². The minimum absolute atomic E-state index is 0.120. The van der Waals surface area contributed by atoms with Crippen molar-refractivity contribution in [2.75, 3.05) is 0 Å². The molecule has 2 unspecified atom stereocenters. The lowest BCUT2D eigenvalue weighted by Gasteiger charge is -2.53. The summed E-state index contributed by atoms with van der Waals surface area (Å²) in [6, 6.07) is 22.8. The standard InChI is InChI=1S/C21H26OSi2/c1-5-23(19-13-9-7-10-14-19)18-17-21(3,4)22-24(23,6-2)20-15-11-8-12-16-20/h5-16H,1-2,17-18H2,3-4H3. The predicted octanol–water partition coefficient (Wildman–Crippen LogP) is 3.92. The first-order chi connectivity index (χ1) is 11.5. The van der Waals surface area contributed by atoms with Crippen LogP contribution in [0, 0.1) is 0 Å². The third kappa shape index (κ3) is 2.57. The van der Waals surface area contributed by atoms with Crippen molar-refractivity contribution >= 4 is 25.8 Å². The van der Waals surface area contributed by atoms with E-state index in [-0.39, 0.29) is 5.60 Å². The Hall–Kier alpha value is -1.69. The van der Waals surface area contributed by atoms with Crippen LogP contribution in [0.25, 0.3) is 0 Å². The fraction of sp³-hybridized carbons (Fsp3) is 0.238. The van der Waals surface area contributed by atoms with Crippen LogP contribution in [0.4, 0.5) is 0 Å². The lowest BCUT2D eigenvalue weighted by molar-refractivity contribution is 0.0979. The van der Waals surface area contributed by atoms with Crippen LogP contribution in [0.3, 0.4) is 0 Å². The fourth-order valence-corrected chi connectivity index (χ4v) is 19.5. The van der Waals surface area contributed by atoms with Gasteiger partial charge in [-0.2, -0.15) is 0 Å². The topological polar surface area (TPSA) is 9.23 Å². The van der Waals surface area contributed by atoms with Gasteiger partial charge in [-0.25, -0.2) is 0 Å². The van der Waals surface area contributed by atoms with E-state index in [1.54, 1.807) is 0 Å². The lowest BCUT2D eigenvalue weighted by atomic mass is 10.1. The summed E-state index contributed by atoms with van der Waals surface area (Å²) in [5.74, 6) is 0. The molecule has 0 bridgehead atoms. The van der Waals surface area contributed by atoms with Gasteiger partial charge in [0.25, 0.3) is 0 Å². The Kier molecular flexibility index (Phi) is 4.51. The second-order valence-electron chi connectivity index (χ2n) is 7.21. The van der Waals surface area contributed by atoms with Crippen LogP contribution in [-0.2, 0) is 4.43 Å². The van der Waals surface area contributed by atoms with E-state index < -0.39 is 15.4 Å². The Balaban J connectivity index is 2.29. The molecule has 0 spiro atoms. The van der Waals surface area contributed by atoms with Crippen molar-refractivity contribution in [3.63, 3.8) is 0 Å². The van der Waals surface area contributed by atoms with E-state index in [4.69, 9.17) is 4.43 Å². The van der Waals surface area contributed by atoms with E-state index in [0.717, 1.165) is 6.42 Å². The van der Waals surface area contributed by atoms with Crippen molar-refractivity contribution in [3.05, 3.63) is 85.2 Å². The lowest BCUT2D eigenvalue weighted by Crippen LogP contribution is -2.79. The van der Waals surface area contributed by atoms with E-state index in [2.05, 4.69) is 99.1 Å². The van der Waals surface area contributed by atoms with Crippen LogP contribution in [0.15, 0.2) is 85.2 Å². The molecule has 124 valence electrons. The van der Waals surface area contributed by atoms with Gasteiger partial charge in [-0.15, -0.1) is 13.2 Å². The average Bonchev–Trinajstić information content (AvgIpc) is 2.62. The molecule has 2 atom stereocenters. The summed E-state index contributed by atoms with van der Waals surface area (Å²) in [7, 11) is -4.48. The van der Waals surface area contributed by atoms with Gasteiger partial charge in [-0.1, -0.05) is 77.2 Å². The zero-order valence-corrected chi connectivity index (χ0v) is 16.7. The first kappa shape index (κ1) is 17.1. The Morgan fingerprint density at radius 2 is 1.42 bits per heavy atom. The molecule has 0 N–H and O–H groups in total. The highest BCUT2D eigenvalue weighted by molar-refractivity contribution is 7.52. The monoisotopic (exact) mass is 350 g/mol. The Morgan fingerprint density at radius 1 is 0.875 bits per heavy atom. The number of hydrogen-bond acceptors (Lipinski definition) is 1. The number of hydrogen-bond donors (Lipinski definition) is 0. The van der Waals surface area contributed by atoms with Gasteiger partial charge in [0, 0.05) is 0 Å². The van der Waals surface area contributed by atoms with Crippen molar-refractivity contribution in [3.8, 4) is 0 Å². The minimum atomic E-state index is -2.40. The van der Waals surface area contributed by atoms with E-state index in [1.165, 1.54) is 16.4 Å². The molecule has 0 amide bonds. The highest BCUT2D eigenvalue weighted by atomic mass is 29.3. The molecule has 2 aromatic rings. The Labute approximate surface area is 147 Å². The zero-order chi connectivity index (χ0) is 17.3. The number of rotatable bonds is 4. The molecular formula is C21H26OSi2. The highest BCUT2D eigenvalue weighted by Gasteiger charge is 2.60.